The van der Waals surface area contributed by atoms with Gasteiger partial charge in [0.25, 0.3) is 0 Å². The van der Waals surface area contributed by atoms with Crippen LogP contribution in [0.15, 0.2) is 41.1 Å². The van der Waals surface area contributed by atoms with Gasteiger partial charge in [-0.15, -0.1) is 0 Å². The summed E-state index contributed by atoms with van der Waals surface area (Å²) in [5.74, 6) is 1.70. The lowest BCUT2D eigenvalue weighted by Crippen LogP contribution is -1.99. The van der Waals surface area contributed by atoms with Crippen molar-refractivity contribution >= 4 is 0 Å². The second kappa shape index (κ2) is 4.84. The predicted octanol–water partition coefficient (Wildman–Crippen LogP) is 2.47. The van der Waals surface area contributed by atoms with Gasteiger partial charge in [0.05, 0.1) is 12.1 Å². The van der Waals surface area contributed by atoms with Crippen molar-refractivity contribution in [1.82, 2.24) is 19.9 Å². The summed E-state index contributed by atoms with van der Waals surface area (Å²) in [6, 6.07) is 10.5. The molecule has 2 aromatic heterocycles. The van der Waals surface area contributed by atoms with Crippen LogP contribution >= 0.6 is 0 Å². The zero-order chi connectivity index (χ0) is 14.2. The summed E-state index contributed by atoms with van der Waals surface area (Å²) in [5.41, 5.74) is 3.68. The summed E-state index contributed by atoms with van der Waals surface area (Å²) >= 11 is 0. The summed E-state index contributed by atoms with van der Waals surface area (Å²) < 4.78 is 7.17. The molecule has 1 atom stereocenters. The number of fused-ring (bicyclic) bond motifs is 1. The maximum absolute atomic E-state index is 5.39. The molecule has 0 saturated carbocycles. The second-order valence-electron chi connectivity index (χ2n) is 5.49. The van der Waals surface area contributed by atoms with Gasteiger partial charge in [0, 0.05) is 19.2 Å². The summed E-state index contributed by atoms with van der Waals surface area (Å²) in [6.07, 6.45) is 4.65. The summed E-state index contributed by atoms with van der Waals surface area (Å²) in [5, 5.41) is 8.52. The van der Waals surface area contributed by atoms with Crippen molar-refractivity contribution in [2.24, 2.45) is 7.05 Å². The van der Waals surface area contributed by atoms with Crippen molar-refractivity contribution in [3.63, 3.8) is 0 Å². The van der Waals surface area contributed by atoms with E-state index in [1.807, 2.05) is 19.3 Å². The van der Waals surface area contributed by atoms with Crippen molar-refractivity contribution in [2.75, 3.05) is 0 Å². The van der Waals surface area contributed by atoms with Crippen molar-refractivity contribution in [3.05, 3.63) is 65.1 Å². The smallest absolute Gasteiger partial charge is 0.232 e. The van der Waals surface area contributed by atoms with Crippen LogP contribution in [0.25, 0.3) is 0 Å². The van der Waals surface area contributed by atoms with Gasteiger partial charge in [0.1, 0.15) is 0 Å². The number of rotatable bonds is 3. The molecule has 2 heterocycles. The van der Waals surface area contributed by atoms with Crippen molar-refractivity contribution in [1.29, 1.82) is 0 Å². The quantitative estimate of drug-likeness (QED) is 0.739. The Labute approximate surface area is 122 Å². The Morgan fingerprint density at radius 1 is 1.29 bits per heavy atom. The molecule has 0 spiro atoms. The molecule has 4 rings (SSSR count). The molecule has 21 heavy (non-hydrogen) atoms. The minimum atomic E-state index is 0.266. The van der Waals surface area contributed by atoms with E-state index in [1.54, 1.807) is 4.68 Å². The number of aryl methyl sites for hydroxylation is 2. The summed E-state index contributed by atoms with van der Waals surface area (Å²) in [4.78, 5) is 4.57. The Morgan fingerprint density at radius 3 is 3.05 bits per heavy atom. The van der Waals surface area contributed by atoms with Crippen LogP contribution in [-0.4, -0.2) is 19.9 Å². The average molecular weight is 280 g/mol. The molecule has 5 heteroatoms. The summed E-state index contributed by atoms with van der Waals surface area (Å²) in [6.45, 7) is 0. The third-order valence-corrected chi connectivity index (χ3v) is 4.03. The highest BCUT2D eigenvalue weighted by Gasteiger charge is 2.27. The monoisotopic (exact) mass is 280 g/mol. The van der Waals surface area contributed by atoms with Crippen LogP contribution in [0.5, 0.6) is 0 Å². The predicted molar refractivity (Wildman–Crippen MR) is 76.9 cm³/mol. The first kappa shape index (κ1) is 12.3. The zero-order valence-corrected chi connectivity index (χ0v) is 11.9. The SMILES string of the molecule is Cn1ccc(Cc2nc(C3CCc4ccccc43)no2)n1. The van der Waals surface area contributed by atoms with Crippen LogP contribution in [0.2, 0.25) is 0 Å². The van der Waals surface area contributed by atoms with E-state index in [4.69, 9.17) is 4.52 Å². The standard InChI is InChI=1S/C16H16N4O/c1-20-9-8-12(18-20)10-15-17-16(19-21-15)14-7-6-11-4-2-3-5-13(11)14/h2-5,8-9,14H,6-7,10H2,1H3. The van der Waals surface area contributed by atoms with Gasteiger partial charge in [0.15, 0.2) is 5.82 Å². The number of hydrogen-bond donors (Lipinski definition) is 0. The first-order valence-corrected chi connectivity index (χ1v) is 7.18. The molecule has 0 N–H and O–H groups in total. The highest BCUT2D eigenvalue weighted by atomic mass is 16.5. The molecular formula is C16H16N4O. The van der Waals surface area contributed by atoms with Gasteiger partial charge >= 0.3 is 0 Å². The molecule has 1 aliphatic carbocycles. The summed E-state index contributed by atoms with van der Waals surface area (Å²) in [7, 11) is 1.90. The maximum Gasteiger partial charge on any atom is 0.232 e. The molecule has 1 aliphatic rings. The minimum absolute atomic E-state index is 0.266. The molecule has 0 bridgehead atoms. The molecule has 1 unspecified atom stereocenters. The van der Waals surface area contributed by atoms with E-state index in [2.05, 4.69) is 39.5 Å². The Hall–Kier alpha value is -2.43. The molecule has 0 amide bonds. The van der Waals surface area contributed by atoms with Crippen LogP contribution in [0.4, 0.5) is 0 Å². The van der Waals surface area contributed by atoms with Crippen molar-refractivity contribution < 1.29 is 4.52 Å². The van der Waals surface area contributed by atoms with Crippen LogP contribution < -0.4 is 0 Å². The van der Waals surface area contributed by atoms with E-state index in [0.717, 1.165) is 24.4 Å². The third-order valence-electron chi connectivity index (χ3n) is 4.03. The lowest BCUT2D eigenvalue weighted by Gasteiger charge is -2.05. The Bertz CT molecular complexity index is 774. The topological polar surface area (TPSA) is 56.7 Å². The fraction of sp³-hybridized carbons (Fsp3) is 0.312. The molecule has 1 aromatic carbocycles. The lowest BCUT2D eigenvalue weighted by molar-refractivity contribution is 0.376. The molecule has 3 aromatic rings. The molecule has 106 valence electrons. The number of hydrogen-bond acceptors (Lipinski definition) is 4. The van der Waals surface area contributed by atoms with Crippen LogP contribution in [-0.2, 0) is 19.9 Å². The van der Waals surface area contributed by atoms with Gasteiger partial charge in [-0.05, 0) is 30.0 Å². The van der Waals surface area contributed by atoms with Crippen molar-refractivity contribution in [3.8, 4) is 0 Å². The number of benzene rings is 1. The highest BCUT2D eigenvalue weighted by molar-refractivity contribution is 5.38. The van der Waals surface area contributed by atoms with Crippen molar-refractivity contribution in [2.45, 2.75) is 25.2 Å². The zero-order valence-electron chi connectivity index (χ0n) is 11.9. The first-order valence-electron chi connectivity index (χ1n) is 7.18. The Kier molecular flexibility index (Phi) is 2.84. The van der Waals surface area contributed by atoms with E-state index in [0.29, 0.717) is 12.3 Å². The largest absolute Gasteiger partial charge is 0.339 e. The molecule has 0 fully saturated rings. The fourth-order valence-corrected chi connectivity index (χ4v) is 3.02. The highest BCUT2D eigenvalue weighted by Crippen LogP contribution is 2.36. The molecule has 0 aliphatic heterocycles. The van der Waals surface area contributed by atoms with Gasteiger partial charge in [0.2, 0.25) is 5.89 Å². The normalized spacial score (nSPS) is 17.1. The lowest BCUT2D eigenvalue weighted by atomic mass is 10.0. The van der Waals surface area contributed by atoms with E-state index in [1.165, 1.54) is 11.1 Å². The molecular weight excluding hydrogens is 264 g/mol. The molecule has 5 nitrogen and oxygen atoms in total. The van der Waals surface area contributed by atoms with E-state index in [-0.39, 0.29) is 5.92 Å². The average Bonchev–Trinajstić information content (AvgIpc) is 3.19. The number of nitrogens with zero attached hydrogens (tertiary/aromatic N) is 4. The fourth-order valence-electron chi connectivity index (χ4n) is 3.02. The van der Waals surface area contributed by atoms with E-state index in [9.17, 15) is 0 Å². The van der Waals surface area contributed by atoms with E-state index >= 15 is 0 Å². The maximum atomic E-state index is 5.39. The first-order chi connectivity index (χ1) is 10.3. The van der Waals surface area contributed by atoms with Gasteiger partial charge in [-0.3, -0.25) is 4.68 Å². The van der Waals surface area contributed by atoms with Crippen LogP contribution in [0.1, 0.15) is 40.9 Å². The van der Waals surface area contributed by atoms with E-state index < -0.39 is 0 Å². The van der Waals surface area contributed by atoms with Crippen LogP contribution in [0.3, 0.4) is 0 Å². The van der Waals surface area contributed by atoms with Gasteiger partial charge in [-0.2, -0.15) is 10.1 Å². The molecule has 0 radical (unpaired) electrons. The van der Waals surface area contributed by atoms with Crippen LogP contribution in [0, 0.1) is 0 Å². The Balaban J connectivity index is 1.58. The third kappa shape index (κ3) is 2.24. The van der Waals surface area contributed by atoms with Gasteiger partial charge in [-0.1, -0.05) is 29.4 Å². The van der Waals surface area contributed by atoms with Gasteiger partial charge in [-0.25, -0.2) is 0 Å². The number of aromatic nitrogens is 4. The van der Waals surface area contributed by atoms with Gasteiger partial charge < -0.3 is 4.52 Å². The molecule has 0 saturated heterocycles. The Morgan fingerprint density at radius 2 is 2.19 bits per heavy atom. The second-order valence-corrected chi connectivity index (χ2v) is 5.49. The minimum Gasteiger partial charge on any atom is -0.339 e.